The minimum atomic E-state index is -0.651. The average molecular weight is 387 g/mol. The van der Waals surface area contributed by atoms with E-state index in [-0.39, 0.29) is 5.91 Å². The molecule has 7 heteroatoms. The number of aromatic nitrogens is 3. The van der Waals surface area contributed by atoms with Crippen molar-refractivity contribution in [1.29, 1.82) is 0 Å². The van der Waals surface area contributed by atoms with Gasteiger partial charge in [-0.1, -0.05) is 35.5 Å². The first-order chi connectivity index (χ1) is 14.0. The molecule has 0 unspecified atom stereocenters. The molecule has 0 radical (unpaired) electrons. The number of hydrogen-bond donors (Lipinski definition) is 2. The Bertz CT molecular complexity index is 1200. The maximum absolute atomic E-state index is 12.0. The summed E-state index contributed by atoms with van der Waals surface area (Å²) in [5, 5.41) is 8.11. The second-order valence-corrected chi connectivity index (χ2v) is 7.57. The van der Waals surface area contributed by atoms with Gasteiger partial charge in [-0.15, -0.1) is 0 Å². The highest BCUT2D eigenvalue weighted by atomic mass is 16.5. The highest BCUT2D eigenvalue weighted by Crippen LogP contribution is 2.32. The first-order valence-electron chi connectivity index (χ1n) is 9.61. The van der Waals surface area contributed by atoms with Crippen LogP contribution in [0.15, 0.2) is 59.1 Å². The van der Waals surface area contributed by atoms with Gasteiger partial charge in [-0.05, 0) is 42.7 Å². The number of carbonyl (C=O) groups is 1. The van der Waals surface area contributed by atoms with Crippen LogP contribution in [0.1, 0.15) is 24.3 Å². The molecule has 1 saturated carbocycles. The number of para-hydroxylation sites is 1. The van der Waals surface area contributed by atoms with Gasteiger partial charge in [0.25, 0.3) is 0 Å². The predicted molar refractivity (Wildman–Crippen MR) is 109 cm³/mol. The van der Waals surface area contributed by atoms with Crippen LogP contribution in [-0.4, -0.2) is 26.2 Å². The average Bonchev–Trinajstić information content (AvgIpc) is 3.17. The van der Waals surface area contributed by atoms with Gasteiger partial charge in [-0.3, -0.25) is 4.79 Å². The Morgan fingerprint density at radius 3 is 2.66 bits per heavy atom. The fourth-order valence-electron chi connectivity index (χ4n) is 3.48. The molecule has 1 amide bonds. The second kappa shape index (κ2) is 6.56. The van der Waals surface area contributed by atoms with E-state index in [1.807, 2.05) is 36.4 Å². The number of benzene rings is 2. The molecule has 3 N–H and O–H groups in total. The maximum Gasteiger partial charge on any atom is 0.240 e. The van der Waals surface area contributed by atoms with Gasteiger partial charge < -0.3 is 20.1 Å². The predicted octanol–water partition coefficient (Wildman–Crippen LogP) is 3.10. The third kappa shape index (κ3) is 3.19. The van der Waals surface area contributed by atoms with E-state index in [2.05, 4.69) is 38.2 Å². The standard InChI is InChI=1S/C22H21N5O2/c1-14-25-20(26-29-14)19-12-16-4-2-3-5-18(16)27(19)17-8-6-15(7-9-17)13-24-21(28)22(23)10-11-22/h2-9,12H,10-11,13,23H2,1H3,(H,24,28). The van der Waals surface area contributed by atoms with Crippen molar-refractivity contribution >= 4 is 16.8 Å². The molecule has 0 saturated heterocycles. The van der Waals surface area contributed by atoms with E-state index in [4.69, 9.17) is 10.3 Å². The Balaban J connectivity index is 1.48. The summed E-state index contributed by atoms with van der Waals surface area (Å²) in [6, 6.07) is 18.3. The minimum absolute atomic E-state index is 0.0762. The Morgan fingerprint density at radius 1 is 1.21 bits per heavy atom. The summed E-state index contributed by atoms with van der Waals surface area (Å²) in [5.74, 6) is 0.997. The zero-order valence-corrected chi connectivity index (χ0v) is 16.1. The number of hydrogen-bond acceptors (Lipinski definition) is 5. The Hall–Kier alpha value is -3.45. The number of nitrogens with zero attached hydrogens (tertiary/aromatic N) is 3. The topological polar surface area (TPSA) is 99.0 Å². The fourth-order valence-corrected chi connectivity index (χ4v) is 3.48. The lowest BCUT2D eigenvalue weighted by Crippen LogP contribution is -2.42. The molecule has 2 aromatic heterocycles. The fraction of sp³-hybridized carbons (Fsp3) is 0.227. The van der Waals surface area contributed by atoms with Crippen LogP contribution in [0, 0.1) is 6.92 Å². The Labute approximate surface area is 167 Å². The maximum atomic E-state index is 12.0. The van der Waals surface area contributed by atoms with Crippen molar-refractivity contribution in [2.24, 2.45) is 5.73 Å². The van der Waals surface area contributed by atoms with E-state index in [1.165, 1.54) is 0 Å². The number of rotatable bonds is 5. The molecule has 2 heterocycles. The van der Waals surface area contributed by atoms with Gasteiger partial charge in [-0.25, -0.2) is 0 Å². The van der Waals surface area contributed by atoms with E-state index >= 15 is 0 Å². The third-order valence-electron chi connectivity index (χ3n) is 5.36. The number of carbonyl (C=O) groups excluding carboxylic acids is 1. The van der Waals surface area contributed by atoms with Crippen molar-refractivity contribution in [1.82, 2.24) is 20.0 Å². The van der Waals surface area contributed by atoms with Crippen molar-refractivity contribution in [3.05, 3.63) is 66.1 Å². The lowest BCUT2D eigenvalue weighted by Gasteiger charge is -2.12. The summed E-state index contributed by atoms with van der Waals surface area (Å²) < 4.78 is 7.30. The number of nitrogens with one attached hydrogen (secondary N) is 1. The number of aryl methyl sites for hydroxylation is 1. The monoisotopic (exact) mass is 387 g/mol. The molecule has 0 aliphatic heterocycles. The first-order valence-corrected chi connectivity index (χ1v) is 9.61. The molecule has 2 aromatic carbocycles. The summed E-state index contributed by atoms with van der Waals surface area (Å²) >= 11 is 0. The Morgan fingerprint density at radius 2 is 1.97 bits per heavy atom. The number of amides is 1. The van der Waals surface area contributed by atoms with Crippen molar-refractivity contribution in [2.45, 2.75) is 31.8 Å². The van der Waals surface area contributed by atoms with Gasteiger partial charge in [0, 0.05) is 24.5 Å². The summed E-state index contributed by atoms with van der Waals surface area (Å²) in [7, 11) is 0. The molecule has 146 valence electrons. The molecule has 0 spiro atoms. The molecule has 0 bridgehead atoms. The van der Waals surface area contributed by atoms with Gasteiger partial charge in [0.1, 0.15) is 0 Å². The summed E-state index contributed by atoms with van der Waals surface area (Å²) in [4.78, 5) is 16.4. The molecular weight excluding hydrogens is 366 g/mol. The molecule has 1 aliphatic rings. The molecule has 7 nitrogen and oxygen atoms in total. The lowest BCUT2D eigenvalue weighted by atomic mass is 10.2. The largest absolute Gasteiger partial charge is 0.350 e. The van der Waals surface area contributed by atoms with E-state index in [0.29, 0.717) is 18.3 Å². The van der Waals surface area contributed by atoms with Gasteiger partial charge in [0.15, 0.2) is 0 Å². The van der Waals surface area contributed by atoms with Crippen LogP contribution in [0.3, 0.4) is 0 Å². The van der Waals surface area contributed by atoms with Gasteiger partial charge in [0.05, 0.1) is 16.7 Å². The number of fused-ring (bicyclic) bond motifs is 1. The van der Waals surface area contributed by atoms with Crippen molar-refractivity contribution in [3.8, 4) is 17.2 Å². The van der Waals surface area contributed by atoms with Crippen LogP contribution in [0.2, 0.25) is 0 Å². The zero-order chi connectivity index (χ0) is 20.0. The quantitative estimate of drug-likeness (QED) is 0.548. The van der Waals surface area contributed by atoms with E-state index < -0.39 is 5.54 Å². The van der Waals surface area contributed by atoms with Gasteiger partial charge >= 0.3 is 0 Å². The zero-order valence-electron chi connectivity index (χ0n) is 16.1. The summed E-state index contributed by atoms with van der Waals surface area (Å²) in [5.41, 5.74) is 9.20. The molecule has 1 fully saturated rings. The summed E-state index contributed by atoms with van der Waals surface area (Å²) in [6.07, 6.45) is 1.52. The normalized spacial score (nSPS) is 14.8. The van der Waals surface area contributed by atoms with E-state index in [1.54, 1.807) is 6.92 Å². The van der Waals surface area contributed by atoms with Crippen molar-refractivity contribution in [2.75, 3.05) is 0 Å². The first kappa shape index (κ1) is 17.6. The van der Waals surface area contributed by atoms with Gasteiger partial charge in [0.2, 0.25) is 17.6 Å². The molecular formula is C22H21N5O2. The summed E-state index contributed by atoms with van der Waals surface area (Å²) in [6.45, 7) is 2.24. The molecule has 1 aliphatic carbocycles. The SMILES string of the molecule is Cc1nc(-c2cc3ccccc3n2-c2ccc(CNC(=O)C3(N)CC3)cc2)no1. The lowest BCUT2D eigenvalue weighted by molar-refractivity contribution is -0.123. The minimum Gasteiger partial charge on any atom is -0.350 e. The van der Waals surface area contributed by atoms with Crippen LogP contribution < -0.4 is 11.1 Å². The number of nitrogens with two attached hydrogens (primary N) is 1. The highest BCUT2D eigenvalue weighted by molar-refractivity contribution is 5.89. The highest BCUT2D eigenvalue weighted by Gasteiger charge is 2.45. The Kier molecular flexibility index (Phi) is 3.99. The van der Waals surface area contributed by atoms with Crippen LogP contribution in [0.5, 0.6) is 0 Å². The van der Waals surface area contributed by atoms with Crippen molar-refractivity contribution in [3.63, 3.8) is 0 Å². The second-order valence-electron chi connectivity index (χ2n) is 7.57. The van der Waals surface area contributed by atoms with Crippen LogP contribution in [-0.2, 0) is 11.3 Å². The van der Waals surface area contributed by atoms with Crippen LogP contribution in [0.25, 0.3) is 28.1 Å². The van der Waals surface area contributed by atoms with E-state index in [0.717, 1.165) is 40.7 Å². The van der Waals surface area contributed by atoms with Crippen molar-refractivity contribution < 1.29 is 9.32 Å². The third-order valence-corrected chi connectivity index (χ3v) is 5.36. The van der Waals surface area contributed by atoms with Gasteiger partial charge in [-0.2, -0.15) is 4.98 Å². The van der Waals surface area contributed by atoms with Crippen LogP contribution in [0.4, 0.5) is 0 Å². The van der Waals surface area contributed by atoms with E-state index in [9.17, 15) is 4.79 Å². The molecule has 4 aromatic rings. The molecule has 29 heavy (non-hydrogen) atoms. The van der Waals surface area contributed by atoms with Crippen LogP contribution >= 0.6 is 0 Å². The molecule has 0 atom stereocenters. The molecule has 5 rings (SSSR count). The smallest absolute Gasteiger partial charge is 0.240 e.